The maximum absolute atomic E-state index is 13.5. The largest absolute Gasteiger partial charge is 0.497 e. The monoisotopic (exact) mass is 526 g/mol. The first kappa shape index (κ1) is 28.0. The number of hydrogen-bond acceptors (Lipinski definition) is 2. The van der Waals surface area contributed by atoms with E-state index in [4.69, 9.17) is 4.74 Å². The molecule has 2 aliphatic rings. The number of piperidine rings is 1. The summed E-state index contributed by atoms with van der Waals surface area (Å²) in [6.45, 7) is 11.8. The van der Waals surface area contributed by atoms with Gasteiger partial charge in [-0.05, 0) is 76.6 Å². The van der Waals surface area contributed by atoms with E-state index < -0.39 is 0 Å². The van der Waals surface area contributed by atoms with E-state index in [-0.39, 0.29) is 44.2 Å². The Morgan fingerprint density at radius 3 is 1.94 bits per heavy atom. The van der Waals surface area contributed by atoms with Gasteiger partial charge in [0.2, 0.25) is 0 Å². The third-order valence-corrected chi connectivity index (χ3v) is 7.71. The fourth-order valence-corrected chi connectivity index (χ4v) is 5.60. The van der Waals surface area contributed by atoms with E-state index in [0.29, 0.717) is 0 Å². The topological polar surface area (TPSA) is 38.3 Å². The maximum Gasteiger partial charge on any atom is 0.285 e. The van der Waals surface area contributed by atoms with Gasteiger partial charge in [-0.25, -0.2) is 0 Å². The summed E-state index contributed by atoms with van der Waals surface area (Å²) in [6.07, 6.45) is 7.05. The number of anilines is 1. The van der Waals surface area contributed by atoms with Crippen molar-refractivity contribution in [2.24, 2.45) is 0 Å². The van der Waals surface area contributed by atoms with Crippen LogP contribution in [-0.2, 0) is 37.5 Å². The van der Waals surface area contributed by atoms with Gasteiger partial charge in [0, 0.05) is 51.2 Å². The van der Waals surface area contributed by atoms with Gasteiger partial charge in [0.15, 0.2) is 5.54 Å². The Bertz CT molecular complexity index is 880. The van der Waals surface area contributed by atoms with Crippen LogP contribution in [-0.4, -0.2) is 42.7 Å². The van der Waals surface area contributed by atoms with Crippen molar-refractivity contribution >= 4 is 11.6 Å². The molecule has 0 unspecified atom stereocenters. The van der Waals surface area contributed by atoms with Crippen LogP contribution in [0.5, 0.6) is 5.75 Å². The Morgan fingerprint density at radius 2 is 1.55 bits per heavy atom. The standard InChI is InChI=1S/C21H32N2O2.C7H8.Y/c1-5-23(12-7-6-8-13-23)21(10-9-11-21)20(24)22-19-16(2)14-18(25-4)15-17(19)3;1-7-5-3-2-4-6-7;/h14-15H,5-13H2,1-4H3;2-6H,1H3;/p+1. The first-order valence-corrected chi connectivity index (χ1v) is 12.2. The zero-order chi connectivity index (χ0) is 23.2. The molecule has 2 aromatic rings. The van der Waals surface area contributed by atoms with E-state index >= 15 is 0 Å². The van der Waals surface area contributed by atoms with Crippen LogP contribution >= 0.6 is 0 Å². The molecule has 0 atom stereocenters. The molecule has 1 radical (unpaired) electrons. The second kappa shape index (κ2) is 12.5. The number of amides is 1. The van der Waals surface area contributed by atoms with Crippen LogP contribution in [0, 0.1) is 20.8 Å². The van der Waals surface area contributed by atoms with Crippen molar-refractivity contribution < 1.29 is 46.7 Å². The minimum absolute atomic E-state index is 0. The number of carbonyl (C=O) groups excluding carboxylic acids is 1. The number of aryl methyl sites for hydroxylation is 3. The fraction of sp³-hybridized carbons (Fsp3) is 0.536. The van der Waals surface area contributed by atoms with Gasteiger partial charge in [0.1, 0.15) is 5.75 Å². The summed E-state index contributed by atoms with van der Waals surface area (Å²) < 4.78 is 6.34. The molecule has 2 aromatic carbocycles. The van der Waals surface area contributed by atoms with Crippen molar-refractivity contribution in [2.75, 3.05) is 32.1 Å². The predicted molar refractivity (Wildman–Crippen MR) is 133 cm³/mol. The zero-order valence-corrected chi connectivity index (χ0v) is 24.1. The molecule has 1 aliphatic carbocycles. The number of methoxy groups -OCH3 is 1. The molecular weight excluding hydrogens is 485 g/mol. The Labute approximate surface area is 226 Å². The third kappa shape index (κ3) is 6.07. The van der Waals surface area contributed by atoms with Gasteiger partial charge in [-0.2, -0.15) is 0 Å². The van der Waals surface area contributed by atoms with Crippen LogP contribution in [0.3, 0.4) is 0 Å². The molecule has 33 heavy (non-hydrogen) atoms. The normalized spacial score (nSPS) is 18.0. The summed E-state index contributed by atoms with van der Waals surface area (Å²) >= 11 is 0. The van der Waals surface area contributed by atoms with Gasteiger partial charge in [-0.15, -0.1) is 0 Å². The summed E-state index contributed by atoms with van der Waals surface area (Å²) in [5.41, 5.74) is 4.21. The molecule has 1 N–H and O–H groups in total. The van der Waals surface area contributed by atoms with Crippen LogP contribution in [0.4, 0.5) is 5.69 Å². The van der Waals surface area contributed by atoms with Gasteiger partial charge in [0.05, 0.1) is 26.7 Å². The SMILES string of the molecule is CC[N+]1(C2(C(=O)Nc3c(C)cc(OC)cc3C)CCC2)CCCCC1.Cc1ccccc1.[Y]. The Kier molecular flexibility index (Phi) is 10.6. The average molecular weight is 527 g/mol. The van der Waals surface area contributed by atoms with Crippen LogP contribution < -0.4 is 10.1 Å². The number of likely N-dealkylation sites (N-methyl/N-ethyl adjacent to an activating group) is 1. The minimum Gasteiger partial charge on any atom is -0.497 e. The quantitative estimate of drug-likeness (QED) is 0.472. The molecule has 1 saturated carbocycles. The first-order valence-electron chi connectivity index (χ1n) is 12.2. The summed E-state index contributed by atoms with van der Waals surface area (Å²) in [7, 11) is 1.68. The number of benzene rings is 2. The molecule has 4 nitrogen and oxygen atoms in total. The van der Waals surface area contributed by atoms with Crippen LogP contribution in [0.25, 0.3) is 0 Å². The van der Waals surface area contributed by atoms with E-state index in [9.17, 15) is 4.79 Å². The number of likely N-dealkylation sites (tertiary alicyclic amines) is 1. The summed E-state index contributed by atoms with van der Waals surface area (Å²) in [5, 5.41) is 3.32. The van der Waals surface area contributed by atoms with Crippen molar-refractivity contribution in [2.45, 2.75) is 71.8 Å². The van der Waals surface area contributed by atoms with Crippen molar-refractivity contribution in [3.05, 3.63) is 59.2 Å². The number of carbonyl (C=O) groups is 1. The predicted octanol–water partition coefficient (Wildman–Crippen LogP) is 6.19. The van der Waals surface area contributed by atoms with E-state index in [1.54, 1.807) is 7.11 Å². The summed E-state index contributed by atoms with van der Waals surface area (Å²) in [4.78, 5) is 13.5. The molecule has 0 spiro atoms. The summed E-state index contributed by atoms with van der Waals surface area (Å²) in [5.74, 6) is 1.08. The molecule has 1 aliphatic heterocycles. The first-order chi connectivity index (χ1) is 15.4. The van der Waals surface area contributed by atoms with Crippen molar-refractivity contribution in [1.82, 2.24) is 0 Å². The van der Waals surface area contributed by atoms with Gasteiger partial charge < -0.3 is 14.5 Å². The average Bonchev–Trinajstić information content (AvgIpc) is 2.77. The second-order valence-electron chi connectivity index (χ2n) is 9.60. The number of hydrogen-bond donors (Lipinski definition) is 1. The molecule has 1 amide bonds. The van der Waals surface area contributed by atoms with Crippen LogP contribution in [0.1, 0.15) is 62.1 Å². The van der Waals surface area contributed by atoms with Crippen LogP contribution in [0.2, 0.25) is 0 Å². The molecule has 0 aromatic heterocycles. The van der Waals surface area contributed by atoms with Gasteiger partial charge in [-0.3, -0.25) is 4.79 Å². The Hall–Kier alpha value is -1.23. The molecular formula is C28H41N2O2Y+. The zero-order valence-electron chi connectivity index (χ0n) is 21.2. The summed E-state index contributed by atoms with van der Waals surface area (Å²) in [6, 6.07) is 14.3. The molecule has 1 heterocycles. The second-order valence-corrected chi connectivity index (χ2v) is 9.60. The van der Waals surface area contributed by atoms with Gasteiger partial charge in [0.25, 0.3) is 5.91 Å². The third-order valence-electron chi connectivity index (χ3n) is 7.71. The van der Waals surface area contributed by atoms with Crippen molar-refractivity contribution in [3.63, 3.8) is 0 Å². The van der Waals surface area contributed by atoms with Crippen LogP contribution in [0.15, 0.2) is 42.5 Å². The van der Waals surface area contributed by atoms with E-state index in [1.807, 2.05) is 44.2 Å². The Morgan fingerprint density at radius 1 is 0.970 bits per heavy atom. The number of rotatable bonds is 5. The molecule has 177 valence electrons. The number of nitrogens with one attached hydrogen (secondary N) is 1. The van der Waals surface area contributed by atoms with Crippen molar-refractivity contribution in [1.29, 1.82) is 0 Å². The molecule has 1 saturated heterocycles. The number of nitrogens with zero attached hydrogens (tertiary/aromatic N) is 1. The van der Waals surface area contributed by atoms with Gasteiger partial charge >= 0.3 is 0 Å². The van der Waals surface area contributed by atoms with Crippen molar-refractivity contribution in [3.8, 4) is 5.75 Å². The van der Waals surface area contributed by atoms with E-state index in [1.165, 1.54) is 31.2 Å². The number of ether oxygens (including phenoxy) is 1. The molecule has 0 bridgehead atoms. The minimum atomic E-state index is -0.214. The number of quaternary nitrogens is 1. The molecule has 5 heteroatoms. The smallest absolute Gasteiger partial charge is 0.285 e. The molecule has 2 fully saturated rings. The van der Waals surface area contributed by atoms with Gasteiger partial charge in [-0.1, -0.05) is 35.9 Å². The van der Waals surface area contributed by atoms with E-state index in [2.05, 4.69) is 31.3 Å². The van der Waals surface area contributed by atoms with E-state index in [0.717, 1.165) is 59.5 Å². The fourth-order valence-electron chi connectivity index (χ4n) is 5.60. The molecule has 4 rings (SSSR count). The maximum atomic E-state index is 13.5. The Balaban J connectivity index is 0.000000413.